The predicted octanol–water partition coefficient (Wildman–Crippen LogP) is 2.82. The molecule has 0 radical (unpaired) electrons. The maximum atomic E-state index is 12.0. The third kappa shape index (κ3) is 5.10. The van der Waals surface area contributed by atoms with E-state index >= 15 is 0 Å². The average Bonchev–Trinajstić information content (AvgIpc) is 3.07. The van der Waals surface area contributed by atoms with E-state index in [1.54, 1.807) is 7.05 Å². The molecule has 27 heavy (non-hydrogen) atoms. The number of hydrogen-bond acceptors (Lipinski definition) is 2. The molecule has 140 valence electrons. The average molecular weight is 363 g/mol. The first-order valence-corrected chi connectivity index (χ1v) is 9.02. The van der Waals surface area contributed by atoms with Crippen LogP contribution < -0.4 is 16.0 Å². The van der Waals surface area contributed by atoms with E-state index < -0.39 is 0 Å². The first kappa shape index (κ1) is 18.5. The van der Waals surface area contributed by atoms with Crippen molar-refractivity contribution >= 4 is 28.5 Å². The third-order valence-electron chi connectivity index (χ3n) is 4.31. The Morgan fingerprint density at radius 1 is 1.11 bits per heavy atom. The lowest BCUT2D eigenvalue weighted by Gasteiger charge is -2.12. The summed E-state index contributed by atoms with van der Waals surface area (Å²) in [6, 6.07) is 15.8. The van der Waals surface area contributed by atoms with Gasteiger partial charge in [0.2, 0.25) is 5.91 Å². The lowest BCUT2D eigenvalue weighted by Crippen LogP contribution is -2.42. The molecule has 1 aromatic heterocycles. The number of benzene rings is 2. The number of fused-ring (bicyclic) bond motifs is 1. The van der Waals surface area contributed by atoms with E-state index in [1.165, 1.54) is 16.5 Å². The lowest BCUT2D eigenvalue weighted by atomic mass is 10.1. The fourth-order valence-electron chi connectivity index (χ4n) is 2.93. The number of aromatic nitrogens is 1. The number of nitrogens with one attached hydrogen (secondary N) is 4. The number of hydrogen-bond donors (Lipinski definition) is 4. The smallest absolute Gasteiger partial charge is 0.243 e. The van der Waals surface area contributed by atoms with E-state index in [1.807, 2.05) is 30.3 Å². The number of H-pyrrole nitrogens is 1. The number of anilines is 1. The number of aromatic amines is 1. The van der Waals surface area contributed by atoms with E-state index in [9.17, 15) is 4.79 Å². The van der Waals surface area contributed by atoms with Gasteiger partial charge in [0.25, 0.3) is 0 Å². The monoisotopic (exact) mass is 363 g/mol. The molecule has 1 amide bonds. The second-order valence-electron chi connectivity index (χ2n) is 6.38. The molecule has 2 aromatic carbocycles. The van der Waals surface area contributed by atoms with Gasteiger partial charge in [-0.25, -0.2) is 0 Å². The molecule has 0 aliphatic carbocycles. The van der Waals surface area contributed by atoms with Crippen molar-refractivity contribution in [1.82, 2.24) is 15.6 Å². The van der Waals surface area contributed by atoms with Crippen molar-refractivity contribution in [1.29, 1.82) is 0 Å². The maximum absolute atomic E-state index is 12.0. The number of nitrogens with zero attached hydrogens (tertiary/aromatic N) is 1. The summed E-state index contributed by atoms with van der Waals surface area (Å²) < 4.78 is 0. The molecule has 0 spiro atoms. The Kier molecular flexibility index (Phi) is 6.10. The molecule has 0 fully saturated rings. The molecule has 0 unspecified atom stereocenters. The second-order valence-corrected chi connectivity index (χ2v) is 6.38. The van der Waals surface area contributed by atoms with Gasteiger partial charge in [0.05, 0.1) is 6.54 Å². The summed E-state index contributed by atoms with van der Waals surface area (Å²) in [5, 5.41) is 10.4. The molecule has 0 saturated heterocycles. The fourth-order valence-corrected chi connectivity index (χ4v) is 2.93. The van der Waals surface area contributed by atoms with Crippen molar-refractivity contribution in [3.63, 3.8) is 0 Å². The normalized spacial score (nSPS) is 11.4. The van der Waals surface area contributed by atoms with Gasteiger partial charge in [-0.15, -0.1) is 0 Å². The van der Waals surface area contributed by atoms with E-state index in [0.29, 0.717) is 5.96 Å². The standard InChI is InChI=1S/C21H25N5O/c1-15-8-9-18-16(13-24-19(18)12-15)10-11-23-21(22-2)25-14-20(27)26-17-6-4-3-5-7-17/h3-9,12-13,24H,10-11,14H2,1-2H3,(H,26,27)(H2,22,23,25). The number of rotatable bonds is 6. The molecule has 0 aliphatic heterocycles. The van der Waals surface area contributed by atoms with Gasteiger partial charge in [-0.1, -0.05) is 30.3 Å². The summed E-state index contributed by atoms with van der Waals surface area (Å²) in [5.74, 6) is 0.491. The third-order valence-corrected chi connectivity index (χ3v) is 4.31. The minimum atomic E-state index is -0.115. The Morgan fingerprint density at radius 2 is 1.93 bits per heavy atom. The topological polar surface area (TPSA) is 81.3 Å². The van der Waals surface area contributed by atoms with E-state index in [-0.39, 0.29) is 12.5 Å². The van der Waals surface area contributed by atoms with Gasteiger partial charge in [0, 0.05) is 36.4 Å². The number of aryl methyl sites for hydroxylation is 1. The number of guanidine groups is 1. The van der Waals surface area contributed by atoms with Crippen LogP contribution in [0.4, 0.5) is 5.69 Å². The van der Waals surface area contributed by atoms with Crippen LogP contribution in [0.2, 0.25) is 0 Å². The van der Waals surface area contributed by atoms with Crippen molar-refractivity contribution in [2.45, 2.75) is 13.3 Å². The van der Waals surface area contributed by atoms with Crippen LogP contribution in [-0.2, 0) is 11.2 Å². The van der Waals surface area contributed by atoms with Crippen molar-refractivity contribution in [3.8, 4) is 0 Å². The van der Waals surface area contributed by atoms with Crippen molar-refractivity contribution < 1.29 is 4.79 Å². The summed E-state index contributed by atoms with van der Waals surface area (Å²) in [4.78, 5) is 19.5. The van der Waals surface area contributed by atoms with E-state index in [4.69, 9.17) is 0 Å². The molecular weight excluding hydrogens is 338 g/mol. The minimum Gasteiger partial charge on any atom is -0.361 e. The summed E-state index contributed by atoms with van der Waals surface area (Å²) in [5.41, 5.74) is 4.44. The molecule has 3 rings (SSSR count). The van der Waals surface area contributed by atoms with Crippen LogP contribution in [0.3, 0.4) is 0 Å². The van der Waals surface area contributed by atoms with Crippen LogP contribution >= 0.6 is 0 Å². The summed E-state index contributed by atoms with van der Waals surface area (Å²) in [6.45, 7) is 2.97. The first-order valence-electron chi connectivity index (χ1n) is 9.02. The highest BCUT2D eigenvalue weighted by Gasteiger charge is 2.06. The Balaban J connectivity index is 1.45. The molecule has 0 bridgehead atoms. The molecule has 6 heteroatoms. The highest BCUT2D eigenvalue weighted by molar-refractivity contribution is 5.95. The molecule has 0 aliphatic rings. The SMILES string of the molecule is CN=C(NCCc1c[nH]c2cc(C)ccc12)NCC(=O)Nc1ccccc1. The maximum Gasteiger partial charge on any atom is 0.243 e. The summed E-state index contributed by atoms with van der Waals surface area (Å²) in [7, 11) is 1.69. The zero-order valence-corrected chi connectivity index (χ0v) is 15.7. The van der Waals surface area contributed by atoms with Crippen LogP contribution in [0.5, 0.6) is 0 Å². The number of carbonyl (C=O) groups excluding carboxylic acids is 1. The number of aliphatic imine (C=N–C) groups is 1. The Bertz CT molecular complexity index is 930. The molecule has 0 saturated carbocycles. The Hall–Kier alpha value is -3.28. The first-order chi connectivity index (χ1) is 13.2. The van der Waals surface area contributed by atoms with Crippen LogP contribution in [0, 0.1) is 6.92 Å². The van der Waals surface area contributed by atoms with Crippen molar-refractivity contribution in [2.24, 2.45) is 4.99 Å². The Labute approximate surface area is 159 Å². The van der Waals surface area contributed by atoms with Gasteiger partial charge < -0.3 is 20.9 Å². The number of para-hydroxylation sites is 1. The van der Waals surface area contributed by atoms with E-state index in [2.05, 4.69) is 57.2 Å². The van der Waals surface area contributed by atoms with Gasteiger partial charge >= 0.3 is 0 Å². The minimum absolute atomic E-state index is 0.115. The van der Waals surface area contributed by atoms with Crippen LogP contribution in [0.1, 0.15) is 11.1 Å². The van der Waals surface area contributed by atoms with Crippen LogP contribution in [0.25, 0.3) is 10.9 Å². The number of carbonyl (C=O) groups is 1. The molecule has 6 nitrogen and oxygen atoms in total. The molecule has 0 atom stereocenters. The molecule has 4 N–H and O–H groups in total. The number of amides is 1. The molecular formula is C21H25N5O. The highest BCUT2D eigenvalue weighted by atomic mass is 16.1. The zero-order chi connectivity index (χ0) is 19.1. The van der Waals surface area contributed by atoms with Crippen molar-refractivity contribution in [3.05, 3.63) is 65.9 Å². The quantitative estimate of drug-likeness (QED) is 0.402. The second kappa shape index (κ2) is 8.89. The summed E-state index contributed by atoms with van der Waals surface area (Å²) in [6.07, 6.45) is 2.91. The zero-order valence-electron chi connectivity index (χ0n) is 15.7. The summed E-state index contributed by atoms with van der Waals surface area (Å²) >= 11 is 0. The van der Waals surface area contributed by atoms with Gasteiger partial charge in [0.15, 0.2) is 5.96 Å². The van der Waals surface area contributed by atoms with E-state index in [0.717, 1.165) is 24.2 Å². The van der Waals surface area contributed by atoms with Gasteiger partial charge in [0.1, 0.15) is 0 Å². The van der Waals surface area contributed by atoms with Crippen LogP contribution in [-0.4, -0.2) is 37.0 Å². The van der Waals surface area contributed by atoms with Gasteiger partial charge in [-0.2, -0.15) is 0 Å². The fraction of sp³-hybridized carbons (Fsp3) is 0.238. The van der Waals surface area contributed by atoms with Crippen molar-refractivity contribution in [2.75, 3.05) is 25.5 Å². The molecule has 3 aromatic rings. The van der Waals surface area contributed by atoms with Gasteiger partial charge in [-0.05, 0) is 42.7 Å². The molecule has 1 heterocycles. The highest BCUT2D eigenvalue weighted by Crippen LogP contribution is 2.19. The lowest BCUT2D eigenvalue weighted by molar-refractivity contribution is -0.115. The van der Waals surface area contributed by atoms with Gasteiger partial charge in [-0.3, -0.25) is 9.79 Å². The van der Waals surface area contributed by atoms with Crippen LogP contribution in [0.15, 0.2) is 59.7 Å². The Morgan fingerprint density at radius 3 is 2.70 bits per heavy atom. The predicted molar refractivity (Wildman–Crippen MR) is 111 cm³/mol. The largest absolute Gasteiger partial charge is 0.361 e.